The fourth-order valence-corrected chi connectivity index (χ4v) is 11.6. The minimum absolute atomic E-state index is 0.294. The first-order chi connectivity index (χ1) is 22.2. The van der Waals surface area contributed by atoms with E-state index < -0.39 is 5.97 Å². The lowest BCUT2D eigenvalue weighted by Gasteiger charge is -2.61. The Balaban J connectivity index is 1.10. The number of carboxylic acids is 1. The van der Waals surface area contributed by atoms with Crippen LogP contribution in [0.1, 0.15) is 188 Å². The summed E-state index contributed by atoms with van der Waals surface area (Å²) in [7, 11) is 0. The molecule has 0 aliphatic heterocycles. The van der Waals surface area contributed by atoms with Crippen LogP contribution in [0.15, 0.2) is 12.2 Å². The SMILES string of the molecule is CCCCCCCCC=CCCCCCCCC(=O)N[C@H]1CC[C@@]2(C)C(CCC3C2CC[C@@]2(C)C3CC[C@@H]2[C@H](C)CCC(=O)O)C1. The Labute approximate surface area is 284 Å². The number of fused-ring (bicyclic) bond motifs is 5. The maximum atomic E-state index is 12.9. The standard InChI is InChI=1S/C42H73NO3/c1-5-6-7-8-9-10-11-12-13-14-15-16-17-18-19-20-39(44)43-34-27-29-41(3)33(31-34)22-23-35-37-25-24-36(32(2)21-26-40(45)46)42(37,4)30-28-38(35)41/h12-13,32-38H,5-11,14-31H2,1-4H3,(H,43,44)(H,45,46)/t32-,33?,34+,35?,36-,37?,38?,41+,42-/m1/s1. The van der Waals surface area contributed by atoms with Gasteiger partial charge in [0.1, 0.15) is 0 Å². The summed E-state index contributed by atoms with van der Waals surface area (Å²) >= 11 is 0. The van der Waals surface area contributed by atoms with E-state index in [1.54, 1.807) is 0 Å². The Morgan fingerprint density at radius 3 is 2.09 bits per heavy atom. The van der Waals surface area contributed by atoms with Crippen molar-refractivity contribution >= 4 is 11.9 Å². The number of unbranched alkanes of at least 4 members (excludes halogenated alkanes) is 11. The Bertz CT molecular complexity index is 961. The summed E-state index contributed by atoms with van der Waals surface area (Å²) in [5.74, 6) is 4.12. The molecule has 0 heterocycles. The second-order valence-corrected chi connectivity index (χ2v) is 17.2. The van der Waals surface area contributed by atoms with E-state index in [1.165, 1.54) is 128 Å². The van der Waals surface area contributed by atoms with Crippen LogP contribution in [0, 0.1) is 46.3 Å². The summed E-state index contributed by atoms with van der Waals surface area (Å²) in [6.07, 6.45) is 35.1. The van der Waals surface area contributed by atoms with Gasteiger partial charge >= 0.3 is 5.97 Å². The van der Waals surface area contributed by atoms with E-state index in [0.717, 1.165) is 42.9 Å². The fraction of sp³-hybridized carbons (Fsp3) is 0.905. The molecule has 4 rings (SSSR count). The zero-order valence-electron chi connectivity index (χ0n) is 30.6. The first kappa shape index (κ1) is 37.5. The van der Waals surface area contributed by atoms with Gasteiger partial charge in [-0.3, -0.25) is 9.59 Å². The molecule has 0 saturated heterocycles. The van der Waals surface area contributed by atoms with Crippen molar-refractivity contribution in [3.63, 3.8) is 0 Å². The minimum atomic E-state index is -0.642. The largest absolute Gasteiger partial charge is 0.481 e. The van der Waals surface area contributed by atoms with E-state index in [1.807, 2.05) is 0 Å². The molecule has 0 spiro atoms. The molecular formula is C42H73NO3. The van der Waals surface area contributed by atoms with Crippen LogP contribution >= 0.6 is 0 Å². The molecule has 9 atom stereocenters. The van der Waals surface area contributed by atoms with E-state index in [2.05, 4.69) is 45.2 Å². The van der Waals surface area contributed by atoms with Crippen molar-refractivity contribution in [1.29, 1.82) is 0 Å². The maximum Gasteiger partial charge on any atom is 0.303 e. The second kappa shape index (κ2) is 18.4. The predicted octanol–water partition coefficient (Wildman–Crippen LogP) is 11.7. The molecule has 0 bridgehead atoms. The van der Waals surface area contributed by atoms with Crippen LogP contribution in [0.3, 0.4) is 0 Å². The maximum absolute atomic E-state index is 12.9. The van der Waals surface area contributed by atoms with Gasteiger partial charge in [-0.15, -0.1) is 0 Å². The number of carbonyl (C=O) groups excluding carboxylic acids is 1. The van der Waals surface area contributed by atoms with Gasteiger partial charge in [0.15, 0.2) is 0 Å². The Hall–Kier alpha value is -1.32. The molecule has 4 aliphatic rings. The molecular weight excluding hydrogens is 566 g/mol. The number of rotatable bonds is 20. The Morgan fingerprint density at radius 2 is 1.39 bits per heavy atom. The number of amides is 1. The highest BCUT2D eigenvalue weighted by Crippen LogP contribution is 2.68. The summed E-state index contributed by atoms with van der Waals surface area (Å²) in [6.45, 7) is 9.82. The number of aliphatic carboxylic acids is 1. The predicted molar refractivity (Wildman–Crippen MR) is 193 cm³/mol. The number of nitrogens with one attached hydrogen (secondary N) is 1. The van der Waals surface area contributed by atoms with Crippen molar-refractivity contribution in [2.24, 2.45) is 46.3 Å². The van der Waals surface area contributed by atoms with Gasteiger partial charge < -0.3 is 10.4 Å². The molecule has 46 heavy (non-hydrogen) atoms. The van der Waals surface area contributed by atoms with E-state index in [-0.39, 0.29) is 0 Å². The molecule has 4 aliphatic carbocycles. The molecule has 264 valence electrons. The average Bonchev–Trinajstić information content (AvgIpc) is 3.39. The first-order valence-electron chi connectivity index (χ1n) is 20.3. The van der Waals surface area contributed by atoms with Gasteiger partial charge in [0.2, 0.25) is 5.91 Å². The molecule has 4 saturated carbocycles. The number of carboxylic acid groups (broad SMARTS) is 1. The van der Waals surface area contributed by atoms with Crippen molar-refractivity contribution < 1.29 is 14.7 Å². The van der Waals surface area contributed by atoms with Gasteiger partial charge in [0.25, 0.3) is 0 Å². The highest BCUT2D eigenvalue weighted by molar-refractivity contribution is 5.76. The highest BCUT2D eigenvalue weighted by atomic mass is 16.4. The molecule has 0 aromatic heterocycles. The second-order valence-electron chi connectivity index (χ2n) is 17.2. The van der Waals surface area contributed by atoms with Gasteiger partial charge in [-0.2, -0.15) is 0 Å². The summed E-state index contributed by atoms with van der Waals surface area (Å²) < 4.78 is 0. The molecule has 0 aromatic rings. The van der Waals surface area contributed by atoms with Gasteiger partial charge in [-0.05, 0) is 143 Å². The summed E-state index contributed by atoms with van der Waals surface area (Å²) in [4.78, 5) is 24.1. The lowest BCUT2D eigenvalue weighted by atomic mass is 9.44. The zero-order chi connectivity index (χ0) is 33.0. The number of hydrogen-bond acceptors (Lipinski definition) is 2. The van der Waals surface area contributed by atoms with Crippen LogP contribution in [-0.2, 0) is 9.59 Å². The Kier molecular flexibility index (Phi) is 15.0. The van der Waals surface area contributed by atoms with Crippen molar-refractivity contribution in [3.05, 3.63) is 12.2 Å². The lowest BCUT2D eigenvalue weighted by Crippen LogP contribution is -2.55. The topological polar surface area (TPSA) is 66.4 Å². The molecule has 0 aromatic carbocycles. The van der Waals surface area contributed by atoms with Crippen LogP contribution in [0.4, 0.5) is 0 Å². The van der Waals surface area contributed by atoms with E-state index in [9.17, 15) is 14.7 Å². The fourth-order valence-electron chi connectivity index (χ4n) is 11.6. The molecule has 1 amide bonds. The monoisotopic (exact) mass is 640 g/mol. The lowest BCUT2D eigenvalue weighted by molar-refractivity contribution is -0.137. The van der Waals surface area contributed by atoms with Crippen LogP contribution < -0.4 is 5.32 Å². The van der Waals surface area contributed by atoms with Gasteiger partial charge in [0.05, 0.1) is 0 Å². The summed E-state index contributed by atoms with van der Waals surface area (Å²) in [6, 6.07) is 0.380. The number of allylic oxidation sites excluding steroid dienone is 2. The third kappa shape index (κ3) is 9.87. The van der Waals surface area contributed by atoms with Crippen LogP contribution in [0.5, 0.6) is 0 Å². The molecule has 4 nitrogen and oxygen atoms in total. The van der Waals surface area contributed by atoms with Crippen LogP contribution in [0.2, 0.25) is 0 Å². The van der Waals surface area contributed by atoms with E-state index >= 15 is 0 Å². The summed E-state index contributed by atoms with van der Waals surface area (Å²) in [5, 5.41) is 12.7. The highest BCUT2D eigenvalue weighted by Gasteiger charge is 2.60. The summed E-state index contributed by atoms with van der Waals surface area (Å²) in [5.41, 5.74) is 0.833. The molecule has 4 unspecified atom stereocenters. The zero-order valence-corrected chi connectivity index (χ0v) is 30.6. The minimum Gasteiger partial charge on any atom is -0.481 e. The third-order valence-electron chi connectivity index (χ3n) is 14.3. The normalized spacial score (nSPS) is 34.5. The number of carbonyl (C=O) groups is 2. The van der Waals surface area contributed by atoms with Crippen molar-refractivity contribution in [2.45, 2.75) is 194 Å². The van der Waals surface area contributed by atoms with Crippen LogP contribution in [0.25, 0.3) is 0 Å². The quantitative estimate of drug-likeness (QED) is 0.103. The van der Waals surface area contributed by atoms with Gasteiger partial charge in [-0.25, -0.2) is 0 Å². The molecule has 0 radical (unpaired) electrons. The van der Waals surface area contributed by atoms with E-state index in [0.29, 0.717) is 47.5 Å². The van der Waals surface area contributed by atoms with Crippen molar-refractivity contribution in [2.75, 3.05) is 0 Å². The van der Waals surface area contributed by atoms with E-state index in [4.69, 9.17) is 0 Å². The van der Waals surface area contributed by atoms with Crippen molar-refractivity contribution in [3.8, 4) is 0 Å². The van der Waals surface area contributed by atoms with Crippen LogP contribution in [-0.4, -0.2) is 23.0 Å². The first-order valence-corrected chi connectivity index (χ1v) is 20.3. The van der Waals surface area contributed by atoms with Gasteiger partial charge in [0, 0.05) is 18.9 Å². The molecule has 4 fully saturated rings. The van der Waals surface area contributed by atoms with Crippen molar-refractivity contribution in [1.82, 2.24) is 5.32 Å². The number of hydrogen-bond donors (Lipinski definition) is 2. The smallest absolute Gasteiger partial charge is 0.303 e. The average molecular weight is 640 g/mol. The Morgan fingerprint density at radius 1 is 0.761 bits per heavy atom. The molecule has 4 heteroatoms. The third-order valence-corrected chi connectivity index (χ3v) is 14.3. The molecule has 2 N–H and O–H groups in total. The van der Waals surface area contributed by atoms with Gasteiger partial charge in [-0.1, -0.05) is 91.2 Å².